The molecule has 118 valence electrons. The van der Waals surface area contributed by atoms with Crippen molar-refractivity contribution in [2.24, 2.45) is 5.92 Å². The highest BCUT2D eigenvalue weighted by molar-refractivity contribution is 5.83. The summed E-state index contributed by atoms with van der Waals surface area (Å²) in [5.74, 6) is 0.189. The largest absolute Gasteiger partial charge is 0.299 e. The van der Waals surface area contributed by atoms with Crippen molar-refractivity contribution in [3.05, 3.63) is 46.5 Å². The van der Waals surface area contributed by atoms with Crippen molar-refractivity contribution < 1.29 is 9.18 Å². The van der Waals surface area contributed by atoms with Crippen LogP contribution in [0.15, 0.2) is 24.3 Å². The molecule has 3 heteroatoms. The van der Waals surface area contributed by atoms with Gasteiger partial charge in [-0.05, 0) is 54.5 Å². The molecular formula is C19H24FNO. The number of carbonyl (C=O) groups excluding carboxylic acids is 1. The van der Waals surface area contributed by atoms with E-state index in [2.05, 4.69) is 37.5 Å². The molecule has 2 aliphatic heterocycles. The van der Waals surface area contributed by atoms with Crippen LogP contribution in [0.3, 0.4) is 0 Å². The van der Waals surface area contributed by atoms with Gasteiger partial charge in [-0.1, -0.05) is 18.7 Å². The second kappa shape index (κ2) is 5.96. The van der Waals surface area contributed by atoms with Crippen molar-refractivity contribution in [2.75, 3.05) is 19.8 Å². The molecule has 0 radical (unpaired) electrons. The van der Waals surface area contributed by atoms with Gasteiger partial charge in [-0.25, -0.2) is 4.39 Å². The van der Waals surface area contributed by atoms with Crippen LogP contribution < -0.4 is 0 Å². The monoisotopic (exact) mass is 300 g/mol. The van der Waals surface area contributed by atoms with Gasteiger partial charge in [-0.3, -0.25) is 9.69 Å². The summed E-state index contributed by atoms with van der Waals surface area (Å²) in [6.45, 7) is 9.21. The first-order valence-electron chi connectivity index (χ1n) is 8.09. The molecule has 0 N–H and O–H groups in total. The number of nitrogens with zero attached hydrogens (tertiary/aromatic N) is 1. The van der Waals surface area contributed by atoms with Crippen LogP contribution in [0.2, 0.25) is 0 Å². The van der Waals surface area contributed by atoms with Crippen LogP contribution in [0.5, 0.6) is 0 Å². The van der Waals surface area contributed by atoms with E-state index in [9.17, 15) is 9.18 Å². The maximum atomic E-state index is 12.7. The zero-order chi connectivity index (χ0) is 15.9. The number of carbonyl (C=O) groups is 1. The Morgan fingerprint density at radius 3 is 2.82 bits per heavy atom. The highest BCUT2D eigenvalue weighted by Crippen LogP contribution is 2.39. The first-order valence-corrected chi connectivity index (χ1v) is 8.09. The molecule has 2 aliphatic rings. The van der Waals surface area contributed by atoms with Crippen molar-refractivity contribution >= 4 is 5.78 Å². The average Bonchev–Trinajstić information content (AvgIpc) is 2.49. The molecule has 1 fully saturated rings. The Kier molecular flexibility index (Phi) is 4.18. The normalized spacial score (nSPS) is 24.8. The number of rotatable bonds is 3. The molecule has 1 aromatic carbocycles. The number of ketones is 1. The lowest BCUT2D eigenvalue weighted by Gasteiger charge is -2.43. The summed E-state index contributed by atoms with van der Waals surface area (Å²) in [4.78, 5) is 14.9. The van der Waals surface area contributed by atoms with Gasteiger partial charge in [0.2, 0.25) is 0 Å². The standard InChI is InChI=1S/C19H24FNO/c1-12(10-20)6-16-11-21-5-4-15-7-13(2)14(3)8-17(15)18(21)9-19(16)22/h7-8,16,18H,1,4-6,9-11H2,2-3H3/t16-,18-/m1/s1/i20-1. The zero-order valence-electron chi connectivity index (χ0n) is 13.5. The Morgan fingerprint density at radius 2 is 2.09 bits per heavy atom. The van der Waals surface area contributed by atoms with Gasteiger partial charge >= 0.3 is 0 Å². The second-order valence-corrected chi connectivity index (χ2v) is 6.85. The third kappa shape index (κ3) is 2.74. The molecular weight excluding hydrogens is 276 g/mol. The number of Topliss-reactive ketones (excluding diaryl/α,β-unsaturated/α-hetero) is 1. The summed E-state index contributed by atoms with van der Waals surface area (Å²) in [6, 6.07) is 4.75. The lowest BCUT2D eigenvalue weighted by Crippen LogP contribution is -2.46. The van der Waals surface area contributed by atoms with Crippen LogP contribution in [-0.2, 0) is 11.2 Å². The topological polar surface area (TPSA) is 20.3 Å². The fraction of sp³-hybridized carbons (Fsp3) is 0.526. The third-order valence-electron chi connectivity index (χ3n) is 5.25. The lowest BCUT2D eigenvalue weighted by atomic mass is 9.80. The van der Waals surface area contributed by atoms with Crippen LogP contribution in [-0.4, -0.2) is 30.4 Å². The number of piperidine rings is 1. The lowest BCUT2D eigenvalue weighted by molar-refractivity contribution is -0.128. The minimum Gasteiger partial charge on any atom is -0.299 e. The van der Waals surface area contributed by atoms with E-state index in [0.717, 1.165) is 19.5 Å². The van der Waals surface area contributed by atoms with Crippen LogP contribution >= 0.6 is 0 Å². The number of benzene rings is 1. The minimum atomic E-state index is -0.519. The van der Waals surface area contributed by atoms with Gasteiger partial charge in [0, 0.05) is 31.5 Å². The maximum absolute atomic E-state index is 12.7. The number of halogens is 1. The van der Waals surface area contributed by atoms with E-state index in [0.29, 0.717) is 18.4 Å². The first-order chi connectivity index (χ1) is 10.5. The zero-order valence-corrected chi connectivity index (χ0v) is 13.5. The number of allylic oxidation sites excluding steroid dienone is 1. The molecule has 0 amide bonds. The predicted molar refractivity (Wildman–Crippen MR) is 86.8 cm³/mol. The van der Waals surface area contributed by atoms with Gasteiger partial charge in [0.25, 0.3) is 0 Å². The number of alkyl halides is 1. The molecule has 3 rings (SSSR count). The predicted octanol–water partition coefficient (Wildman–Crippen LogP) is 3.71. The third-order valence-corrected chi connectivity index (χ3v) is 5.25. The average molecular weight is 300 g/mol. The van der Waals surface area contributed by atoms with Gasteiger partial charge in [-0.2, -0.15) is 0 Å². The van der Waals surface area contributed by atoms with Crippen molar-refractivity contribution in [1.29, 1.82) is 0 Å². The first kappa shape index (κ1) is 15.4. The van der Waals surface area contributed by atoms with E-state index in [1.807, 2.05) is 0 Å². The summed E-state index contributed by atoms with van der Waals surface area (Å²) >= 11 is 0. The molecule has 22 heavy (non-hydrogen) atoms. The molecule has 2 atom stereocenters. The fourth-order valence-corrected chi connectivity index (χ4v) is 3.82. The molecule has 1 saturated heterocycles. The molecule has 0 bridgehead atoms. The summed E-state index contributed by atoms with van der Waals surface area (Å²) in [5, 5.41) is 0. The van der Waals surface area contributed by atoms with E-state index in [1.165, 1.54) is 22.3 Å². The number of aryl methyl sites for hydroxylation is 2. The molecule has 2 heterocycles. The van der Waals surface area contributed by atoms with Gasteiger partial charge < -0.3 is 0 Å². The Labute approximate surface area is 132 Å². The van der Waals surface area contributed by atoms with E-state index in [4.69, 9.17) is 0 Å². The van der Waals surface area contributed by atoms with Crippen molar-refractivity contribution in [2.45, 2.75) is 39.2 Å². The summed E-state index contributed by atoms with van der Waals surface area (Å²) < 4.78 is 12.7. The SMILES string of the molecule is C=C(C[18F])C[C@@H]1CN2CCc3cc(C)c(C)cc3[C@H]2CC1=O. The van der Waals surface area contributed by atoms with E-state index in [1.54, 1.807) is 0 Å². The molecule has 0 spiro atoms. The van der Waals surface area contributed by atoms with Gasteiger partial charge in [-0.15, -0.1) is 0 Å². The smallest absolute Gasteiger partial charge is 0.139 e. The molecule has 2 nitrogen and oxygen atoms in total. The molecule has 0 saturated carbocycles. The van der Waals surface area contributed by atoms with E-state index < -0.39 is 6.67 Å². The van der Waals surface area contributed by atoms with Crippen LogP contribution in [0.1, 0.15) is 41.1 Å². The second-order valence-electron chi connectivity index (χ2n) is 6.85. The molecule has 1 aromatic rings. The quantitative estimate of drug-likeness (QED) is 0.793. The molecule has 0 aromatic heterocycles. The van der Waals surface area contributed by atoms with E-state index in [-0.39, 0.29) is 17.7 Å². The minimum absolute atomic E-state index is 0.0763. The van der Waals surface area contributed by atoms with Gasteiger partial charge in [0.15, 0.2) is 0 Å². The summed E-state index contributed by atoms with van der Waals surface area (Å²) in [5.41, 5.74) is 5.88. The van der Waals surface area contributed by atoms with Gasteiger partial charge in [0.05, 0.1) is 0 Å². The van der Waals surface area contributed by atoms with Crippen LogP contribution in [0, 0.1) is 19.8 Å². The molecule has 0 aliphatic carbocycles. The Morgan fingerprint density at radius 1 is 1.36 bits per heavy atom. The van der Waals surface area contributed by atoms with E-state index >= 15 is 0 Å². The fourth-order valence-electron chi connectivity index (χ4n) is 3.82. The van der Waals surface area contributed by atoms with Gasteiger partial charge in [0.1, 0.15) is 12.5 Å². The Balaban J connectivity index is 1.84. The number of hydrogen-bond acceptors (Lipinski definition) is 2. The van der Waals surface area contributed by atoms with Crippen molar-refractivity contribution in [3.63, 3.8) is 0 Å². The summed E-state index contributed by atoms with van der Waals surface area (Å²) in [7, 11) is 0. The summed E-state index contributed by atoms with van der Waals surface area (Å²) in [6.07, 6.45) is 2.09. The highest BCUT2D eigenvalue weighted by atomic mass is 18.2. The number of fused-ring (bicyclic) bond motifs is 3. The highest BCUT2D eigenvalue weighted by Gasteiger charge is 2.37. The molecule has 0 unspecified atom stereocenters. The van der Waals surface area contributed by atoms with Crippen molar-refractivity contribution in [3.8, 4) is 0 Å². The number of hydrogen-bond donors (Lipinski definition) is 0. The van der Waals surface area contributed by atoms with Crippen LogP contribution in [0.25, 0.3) is 0 Å². The Bertz CT molecular complexity index is 622. The van der Waals surface area contributed by atoms with Crippen LogP contribution in [0.4, 0.5) is 4.39 Å². The van der Waals surface area contributed by atoms with Crippen molar-refractivity contribution in [1.82, 2.24) is 4.90 Å². The Hall–Kier alpha value is -1.48. The maximum Gasteiger partial charge on any atom is 0.139 e.